The van der Waals surface area contributed by atoms with Crippen LogP contribution in [0, 0.1) is 27.4 Å². The van der Waals surface area contributed by atoms with Crippen molar-refractivity contribution in [1.29, 1.82) is 5.26 Å². The first-order valence-corrected chi connectivity index (χ1v) is 5.77. The minimum Gasteiger partial charge on any atom is -0.364 e. The molecule has 1 N–H and O–H groups in total. The van der Waals surface area contributed by atoms with Gasteiger partial charge in [0.1, 0.15) is 23.6 Å². The highest BCUT2D eigenvalue weighted by molar-refractivity contribution is 5.56. The van der Waals surface area contributed by atoms with E-state index in [2.05, 4.69) is 24.1 Å². The van der Waals surface area contributed by atoms with Gasteiger partial charge >= 0.3 is 0 Å². The second-order valence-electron chi connectivity index (χ2n) is 5.08. The monoisotopic (exact) mass is 246 g/mol. The molecular weight excluding hydrogens is 232 g/mol. The van der Waals surface area contributed by atoms with Gasteiger partial charge in [-0.05, 0) is 32.6 Å². The summed E-state index contributed by atoms with van der Waals surface area (Å²) in [5.74, 6) is 0.987. The van der Waals surface area contributed by atoms with E-state index in [1.807, 2.05) is 6.07 Å². The minimum atomic E-state index is -0.552. The average molecular weight is 246 g/mol. The first kappa shape index (κ1) is 12.3. The molecule has 0 radical (unpaired) electrons. The van der Waals surface area contributed by atoms with Crippen molar-refractivity contribution in [1.82, 2.24) is 4.98 Å². The van der Waals surface area contributed by atoms with Gasteiger partial charge in [-0.3, -0.25) is 10.1 Å². The Bertz CT molecular complexity index is 529. The van der Waals surface area contributed by atoms with Gasteiger partial charge in [-0.1, -0.05) is 0 Å². The molecule has 0 unspecified atom stereocenters. The van der Waals surface area contributed by atoms with Crippen molar-refractivity contribution in [2.45, 2.75) is 32.2 Å². The highest BCUT2D eigenvalue weighted by Crippen LogP contribution is 2.41. The van der Waals surface area contributed by atoms with E-state index in [1.54, 1.807) is 0 Å². The van der Waals surface area contributed by atoms with Gasteiger partial charge in [0.2, 0.25) is 0 Å². The molecule has 2 rings (SSSR count). The van der Waals surface area contributed by atoms with Crippen molar-refractivity contribution in [3.05, 3.63) is 27.9 Å². The first-order chi connectivity index (χ1) is 8.44. The van der Waals surface area contributed by atoms with Gasteiger partial charge < -0.3 is 5.32 Å². The molecule has 18 heavy (non-hydrogen) atoms. The normalized spacial score (nSPS) is 14.9. The van der Waals surface area contributed by atoms with Crippen LogP contribution in [0.3, 0.4) is 0 Å². The van der Waals surface area contributed by atoms with Crippen LogP contribution in [0.25, 0.3) is 0 Å². The SMILES string of the molecule is CC(C)(Nc1ncc([N+](=O)[O-])cc1C#N)C1CC1. The number of nitriles is 1. The van der Waals surface area contributed by atoms with Gasteiger partial charge in [0, 0.05) is 11.6 Å². The fraction of sp³-hybridized carbons (Fsp3) is 0.500. The number of nitrogens with one attached hydrogen (secondary N) is 1. The molecule has 0 aromatic carbocycles. The van der Waals surface area contributed by atoms with Crippen molar-refractivity contribution in [2.24, 2.45) is 5.92 Å². The number of aromatic nitrogens is 1. The predicted octanol–water partition coefficient (Wildman–Crippen LogP) is 2.46. The highest BCUT2D eigenvalue weighted by Gasteiger charge is 2.38. The molecule has 1 aromatic rings. The van der Waals surface area contributed by atoms with Crippen LogP contribution in [-0.2, 0) is 0 Å². The molecule has 1 fully saturated rings. The van der Waals surface area contributed by atoms with Gasteiger partial charge in [0.15, 0.2) is 0 Å². The topological polar surface area (TPSA) is 91.8 Å². The summed E-state index contributed by atoms with van der Waals surface area (Å²) in [7, 11) is 0. The largest absolute Gasteiger partial charge is 0.364 e. The first-order valence-electron chi connectivity index (χ1n) is 5.77. The van der Waals surface area contributed by atoms with Crippen LogP contribution in [0.1, 0.15) is 32.3 Å². The van der Waals surface area contributed by atoms with Gasteiger partial charge in [0.25, 0.3) is 5.69 Å². The van der Waals surface area contributed by atoms with Crippen LogP contribution in [0.15, 0.2) is 12.3 Å². The molecule has 0 saturated heterocycles. The molecule has 1 aliphatic carbocycles. The lowest BCUT2D eigenvalue weighted by atomic mass is 9.98. The van der Waals surface area contributed by atoms with Crippen molar-refractivity contribution in [3.63, 3.8) is 0 Å². The lowest BCUT2D eigenvalue weighted by Crippen LogP contribution is -2.34. The maximum Gasteiger partial charge on any atom is 0.289 e. The maximum atomic E-state index is 10.6. The summed E-state index contributed by atoms with van der Waals surface area (Å²) < 4.78 is 0. The highest BCUT2D eigenvalue weighted by atomic mass is 16.6. The predicted molar refractivity (Wildman–Crippen MR) is 66.0 cm³/mol. The molecule has 0 atom stereocenters. The molecule has 1 saturated carbocycles. The summed E-state index contributed by atoms with van der Waals surface area (Å²) in [4.78, 5) is 14.1. The number of nitro groups is 1. The smallest absolute Gasteiger partial charge is 0.289 e. The molecule has 94 valence electrons. The third-order valence-electron chi connectivity index (χ3n) is 3.24. The van der Waals surface area contributed by atoms with Crippen LogP contribution in [0.2, 0.25) is 0 Å². The third-order valence-corrected chi connectivity index (χ3v) is 3.24. The Hall–Kier alpha value is -2.16. The van der Waals surface area contributed by atoms with Crippen LogP contribution < -0.4 is 5.32 Å². The van der Waals surface area contributed by atoms with Crippen molar-refractivity contribution >= 4 is 11.5 Å². The average Bonchev–Trinajstić information content (AvgIpc) is 3.12. The Morgan fingerprint density at radius 1 is 1.61 bits per heavy atom. The summed E-state index contributed by atoms with van der Waals surface area (Å²) in [5.41, 5.74) is -0.103. The molecule has 6 nitrogen and oxygen atoms in total. The van der Waals surface area contributed by atoms with E-state index in [0.717, 1.165) is 12.8 Å². The zero-order valence-electron chi connectivity index (χ0n) is 10.3. The molecule has 0 amide bonds. The van der Waals surface area contributed by atoms with E-state index >= 15 is 0 Å². The zero-order chi connectivity index (χ0) is 13.3. The molecule has 1 heterocycles. The van der Waals surface area contributed by atoms with Crippen LogP contribution in [0.4, 0.5) is 11.5 Å². The molecule has 0 spiro atoms. The Morgan fingerprint density at radius 2 is 2.28 bits per heavy atom. The van der Waals surface area contributed by atoms with Gasteiger partial charge in [0.05, 0.1) is 4.92 Å². The van der Waals surface area contributed by atoms with Crippen molar-refractivity contribution in [3.8, 4) is 6.07 Å². The summed E-state index contributed by atoms with van der Waals surface area (Å²) in [6, 6.07) is 3.19. The Kier molecular flexibility index (Phi) is 2.91. The Morgan fingerprint density at radius 3 is 2.78 bits per heavy atom. The summed E-state index contributed by atoms with van der Waals surface area (Å²) in [6.07, 6.45) is 3.50. The van der Waals surface area contributed by atoms with Crippen LogP contribution >= 0.6 is 0 Å². The molecule has 1 aromatic heterocycles. The van der Waals surface area contributed by atoms with E-state index in [1.165, 1.54) is 12.3 Å². The third kappa shape index (κ3) is 2.40. The summed E-state index contributed by atoms with van der Waals surface area (Å²) in [6.45, 7) is 4.10. The van der Waals surface area contributed by atoms with Crippen LogP contribution in [0.5, 0.6) is 0 Å². The van der Waals surface area contributed by atoms with E-state index in [9.17, 15) is 10.1 Å². The van der Waals surface area contributed by atoms with Gasteiger partial charge in [-0.2, -0.15) is 5.26 Å². The number of hydrogen-bond acceptors (Lipinski definition) is 5. The maximum absolute atomic E-state index is 10.6. The molecular formula is C12H14N4O2. The molecule has 0 bridgehead atoms. The van der Waals surface area contributed by atoms with Gasteiger partial charge in [-0.15, -0.1) is 0 Å². The Labute approximate surface area is 105 Å². The summed E-state index contributed by atoms with van der Waals surface area (Å²) in [5, 5.41) is 22.9. The van der Waals surface area contributed by atoms with Crippen molar-refractivity contribution in [2.75, 3.05) is 5.32 Å². The fourth-order valence-electron chi connectivity index (χ4n) is 1.95. The number of rotatable bonds is 4. The van der Waals surface area contributed by atoms with E-state index in [4.69, 9.17) is 5.26 Å². The number of anilines is 1. The molecule has 1 aliphatic rings. The number of pyridine rings is 1. The molecule has 0 aliphatic heterocycles. The zero-order valence-corrected chi connectivity index (χ0v) is 10.3. The number of nitrogens with zero attached hydrogens (tertiary/aromatic N) is 3. The second-order valence-corrected chi connectivity index (χ2v) is 5.08. The number of hydrogen-bond donors (Lipinski definition) is 1. The lowest BCUT2D eigenvalue weighted by molar-refractivity contribution is -0.385. The Balaban J connectivity index is 2.28. The summed E-state index contributed by atoms with van der Waals surface area (Å²) >= 11 is 0. The van der Waals surface area contributed by atoms with E-state index in [-0.39, 0.29) is 16.8 Å². The van der Waals surface area contributed by atoms with Crippen LogP contribution in [-0.4, -0.2) is 15.4 Å². The molecule has 6 heteroatoms. The standard InChI is InChI=1S/C12H14N4O2/c1-12(2,9-3-4-9)15-11-8(6-13)5-10(7-14-11)16(17)18/h5,7,9H,3-4H2,1-2H3,(H,14,15). The van der Waals surface area contributed by atoms with Gasteiger partial charge in [-0.25, -0.2) is 4.98 Å². The minimum absolute atomic E-state index is 0.144. The van der Waals surface area contributed by atoms with Crippen molar-refractivity contribution < 1.29 is 4.92 Å². The van der Waals surface area contributed by atoms with E-state index < -0.39 is 4.92 Å². The quantitative estimate of drug-likeness (QED) is 0.650. The lowest BCUT2D eigenvalue weighted by Gasteiger charge is -2.27. The second kappa shape index (κ2) is 4.26. The van der Waals surface area contributed by atoms with E-state index in [0.29, 0.717) is 11.7 Å². The fourth-order valence-corrected chi connectivity index (χ4v) is 1.95.